The number of nitrogens with zero attached hydrogens (tertiary/aromatic N) is 2. The lowest BCUT2D eigenvalue weighted by molar-refractivity contribution is 0.0980. The van der Waals surface area contributed by atoms with Gasteiger partial charge in [0.15, 0.2) is 5.13 Å². The smallest absolute Gasteiger partial charge is 0.349 e. The molecule has 5 aromatic rings. The Bertz CT molecular complexity index is 1480. The first-order valence-electron chi connectivity index (χ1n) is 10.3. The van der Waals surface area contributed by atoms with Crippen molar-refractivity contribution in [1.82, 2.24) is 4.98 Å². The van der Waals surface area contributed by atoms with Gasteiger partial charge in [0.25, 0.3) is 5.91 Å². The molecule has 0 atom stereocenters. The second-order valence-corrected chi connectivity index (χ2v) is 8.81. The molecule has 7 heteroatoms. The molecule has 0 radical (unpaired) electrons. The SMILES string of the molecule is CC(C)c1cccc2sc(N(Cc3ccco3)C(=O)c3cc4ccccc4oc3=O)nc12. The van der Waals surface area contributed by atoms with Crippen molar-refractivity contribution >= 4 is 43.6 Å². The van der Waals surface area contributed by atoms with E-state index >= 15 is 0 Å². The van der Waals surface area contributed by atoms with Gasteiger partial charge in [-0.05, 0) is 41.8 Å². The van der Waals surface area contributed by atoms with E-state index in [0.29, 0.717) is 21.9 Å². The number of aromatic nitrogens is 1. The second-order valence-electron chi connectivity index (χ2n) is 7.80. The van der Waals surface area contributed by atoms with Gasteiger partial charge in [0.1, 0.15) is 16.9 Å². The minimum atomic E-state index is -0.679. The Morgan fingerprint density at radius 3 is 2.72 bits per heavy atom. The molecule has 0 aliphatic heterocycles. The molecule has 0 bridgehead atoms. The maximum absolute atomic E-state index is 13.6. The van der Waals surface area contributed by atoms with E-state index in [1.54, 1.807) is 42.7 Å². The average Bonchev–Trinajstić information content (AvgIpc) is 3.45. The first-order chi connectivity index (χ1) is 15.5. The van der Waals surface area contributed by atoms with Crippen LogP contribution in [0.15, 0.2) is 80.6 Å². The number of benzene rings is 2. The lowest BCUT2D eigenvalue weighted by Crippen LogP contribution is -2.33. The molecular formula is C25H20N2O4S. The molecule has 1 amide bonds. The van der Waals surface area contributed by atoms with Gasteiger partial charge in [-0.3, -0.25) is 9.69 Å². The van der Waals surface area contributed by atoms with Gasteiger partial charge in [-0.2, -0.15) is 0 Å². The Hall–Kier alpha value is -3.71. The third-order valence-electron chi connectivity index (χ3n) is 5.30. The molecule has 32 heavy (non-hydrogen) atoms. The van der Waals surface area contributed by atoms with Crippen molar-refractivity contribution in [2.75, 3.05) is 4.90 Å². The number of anilines is 1. The zero-order valence-electron chi connectivity index (χ0n) is 17.6. The fourth-order valence-electron chi connectivity index (χ4n) is 3.68. The first kappa shape index (κ1) is 20.2. The topological polar surface area (TPSA) is 76.6 Å². The lowest BCUT2D eigenvalue weighted by Gasteiger charge is -2.18. The van der Waals surface area contributed by atoms with Crippen molar-refractivity contribution in [3.05, 3.63) is 94.2 Å². The second kappa shape index (κ2) is 8.09. The molecule has 5 rings (SSSR count). The van der Waals surface area contributed by atoms with Crippen molar-refractivity contribution < 1.29 is 13.6 Å². The summed E-state index contributed by atoms with van der Waals surface area (Å²) in [6.07, 6.45) is 1.55. The summed E-state index contributed by atoms with van der Waals surface area (Å²) in [7, 11) is 0. The van der Waals surface area contributed by atoms with E-state index in [4.69, 9.17) is 13.8 Å². The molecular weight excluding hydrogens is 424 g/mol. The van der Waals surface area contributed by atoms with Crippen molar-refractivity contribution in [3.8, 4) is 0 Å². The molecule has 0 saturated carbocycles. The van der Waals surface area contributed by atoms with Crippen molar-refractivity contribution in [3.63, 3.8) is 0 Å². The third-order valence-corrected chi connectivity index (χ3v) is 6.35. The molecule has 3 aromatic heterocycles. The van der Waals surface area contributed by atoms with Crippen molar-refractivity contribution in [2.45, 2.75) is 26.3 Å². The van der Waals surface area contributed by atoms with Crippen LogP contribution >= 0.6 is 11.3 Å². The summed E-state index contributed by atoms with van der Waals surface area (Å²) in [6.45, 7) is 4.37. The molecule has 0 saturated heterocycles. The van der Waals surface area contributed by atoms with Gasteiger partial charge in [0, 0.05) is 5.39 Å². The minimum Gasteiger partial charge on any atom is -0.467 e. The van der Waals surface area contributed by atoms with E-state index < -0.39 is 11.5 Å². The molecule has 0 aliphatic rings. The van der Waals surface area contributed by atoms with Crippen LogP contribution in [0.4, 0.5) is 5.13 Å². The van der Waals surface area contributed by atoms with Crippen molar-refractivity contribution in [1.29, 1.82) is 0 Å². The maximum atomic E-state index is 13.6. The number of hydrogen-bond donors (Lipinski definition) is 0. The Kier molecular flexibility index (Phi) is 5.11. The van der Waals surface area contributed by atoms with Gasteiger partial charge < -0.3 is 8.83 Å². The van der Waals surface area contributed by atoms with Gasteiger partial charge in [0.2, 0.25) is 0 Å². The van der Waals surface area contributed by atoms with Gasteiger partial charge in [-0.25, -0.2) is 9.78 Å². The van der Waals surface area contributed by atoms with E-state index in [0.717, 1.165) is 15.8 Å². The van der Waals surface area contributed by atoms with E-state index in [2.05, 4.69) is 13.8 Å². The van der Waals surface area contributed by atoms with Crippen LogP contribution in [0.2, 0.25) is 0 Å². The van der Waals surface area contributed by atoms with Gasteiger partial charge >= 0.3 is 5.63 Å². The zero-order valence-corrected chi connectivity index (χ0v) is 18.4. The van der Waals surface area contributed by atoms with Crippen LogP contribution < -0.4 is 10.5 Å². The molecule has 0 unspecified atom stereocenters. The van der Waals surface area contributed by atoms with E-state index in [1.165, 1.54) is 16.2 Å². The summed E-state index contributed by atoms with van der Waals surface area (Å²) in [5.41, 5.74) is 1.69. The summed E-state index contributed by atoms with van der Waals surface area (Å²) in [6, 6.07) is 18.3. The summed E-state index contributed by atoms with van der Waals surface area (Å²) in [5.74, 6) is 0.397. The summed E-state index contributed by atoms with van der Waals surface area (Å²) >= 11 is 1.41. The monoisotopic (exact) mass is 444 g/mol. The van der Waals surface area contributed by atoms with Crippen LogP contribution in [0, 0.1) is 0 Å². The lowest BCUT2D eigenvalue weighted by atomic mass is 10.0. The number of carbonyl (C=O) groups excluding carboxylic acids is 1. The van der Waals surface area contributed by atoms with Gasteiger partial charge in [-0.1, -0.05) is 55.5 Å². The maximum Gasteiger partial charge on any atom is 0.349 e. The molecule has 6 nitrogen and oxygen atoms in total. The number of fused-ring (bicyclic) bond motifs is 2. The third kappa shape index (κ3) is 3.61. The summed E-state index contributed by atoms with van der Waals surface area (Å²) in [4.78, 5) is 32.6. The first-order valence-corrected chi connectivity index (χ1v) is 11.1. The Morgan fingerprint density at radius 2 is 1.94 bits per heavy atom. The highest BCUT2D eigenvalue weighted by Crippen LogP contribution is 2.34. The fraction of sp³-hybridized carbons (Fsp3) is 0.160. The predicted molar refractivity (Wildman–Crippen MR) is 125 cm³/mol. The Morgan fingerprint density at radius 1 is 1.09 bits per heavy atom. The minimum absolute atomic E-state index is 0.0430. The number of amides is 1. The number of para-hydroxylation sites is 2. The largest absolute Gasteiger partial charge is 0.467 e. The summed E-state index contributed by atoms with van der Waals surface area (Å²) in [5, 5.41) is 1.18. The number of rotatable bonds is 5. The molecule has 0 fully saturated rings. The van der Waals surface area contributed by atoms with Crippen molar-refractivity contribution in [2.24, 2.45) is 0 Å². The molecule has 2 aromatic carbocycles. The van der Waals surface area contributed by atoms with Crippen LogP contribution in [0.1, 0.15) is 41.4 Å². The van der Waals surface area contributed by atoms with Gasteiger partial charge in [0.05, 0.1) is 23.0 Å². The molecule has 3 heterocycles. The summed E-state index contributed by atoms with van der Waals surface area (Å²) < 4.78 is 11.9. The highest BCUT2D eigenvalue weighted by molar-refractivity contribution is 7.22. The van der Waals surface area contributed by atoms with E-state index in [9.17, 15) is 9.59 Å². The van der Waals surface area contributed by atoms with E-state index in [1.807, 2.05) is 24.3 Å². The predicted octanol–water partition coefficient (Wildman–Crippen LogP) is 5.97. The van der Waals surface area contributed by atoms with Crippen LogP contribution in [0.5, 0.6) is 0 Å². The quantitative estimate of drug-likeness (QED) is 0.312. The van der Waals surface area contributed by atoms with Crippen LogP contribution in [0.25, 0.3) is 21.2 Å². The number of thiazole rings is 1. The number of furan rings is 1. The van der Waals surface area contributed by atoms with Crippen LogP contribution in [-0.4, -0.2) is 10.9 Å². The number of carbonyl (C=O) groups is 1. The fourth-order valence-corrected chi connectivity index (χ4v) is 4.68. The van der Waals surface area contributed by atoms with E-state index in [-0.39, 0.29) is 18.0 Å². The number of hydrogen-bond acceptors (Lipinski definition) is 6. The standard InChI is InChI=1S/C25H20N2O4S/c1-15(2)18-9-5-11-21-22(18)26-25(32-21)27(14-17-8-6-12-30-17)23(28)19-13-16-7-3-4-10-20(16)31-24(19)29/h3-13,15H,14H2,1-2H3. The normalized spacial score (nSPS) is 11.5. The highest BCUT2D eigenvalue weighted by Gasteiger charge is 2.26. The average molecular weight is 445 g/mol. The molecule has 0 N–H and O–H groups in total. The highest BCUT2D eigenvalue weighted by atomic mass is 32.1. The van der Waals surface area contributed by atoms with Crippen LogP contribution in [-0.2, 0) is 6.54 Å². The Labute approximate surface area is 187 Å². The Balaban J connectivity index is 1.64. The molecule has 160 valence electrons. The van der Waals surface area contributed by atoms with Crippen LogP contribution in [0.3, 0.4) is 0 Å². The van der Waals surface area contributed by atoms with Gasteiger partial charge in [-0.15, -0.1) is 0 Å². The zero-order chi connectivity index (χ0) is 22.2. The molecule has 0 spiro atoms. The molecule has 0 aliphatic carbocycles.